The summed E-state index contributed by atoms with van der Waals surface area (Å²) >= 11 is 5.98. The van der Waals surface area contributed by atoms with Gasteiger partial charge in [0.2, 0.25) is 0 Å². The maximum atomic E-state index is 13.6. The van der Waals surface area contributed by atoms with E-state index in [9.17, 15) is 4.39 Å². The summed E-state index contributed by atoms with van der Waals surface area (Å²) in [5, 5.41) is 3.65. The Hall–Kier alpha value is -1.42. The van der Waals surface area contributed by atoms with E-state index in [-0.39, 0.29) is 5.82 Å². The lowest BCUT2D eigenvalue weighted by Crippen LogP contribution is -2.14. The number of ether oxygens (including phenoxy) is 1. The van der Waals surface area contributed by atoms with Crippen LogP contribution < -0.4 is 5.32 Å². The Kier molecular flexibility index (Phi) is 5.53. The number of methoxy groups -OCH3 is 1. The number of halogens is 2. The third kappa shape index (κ3) is 4.04. The standard InChI is InChI=1S/C16H17ClFNO/c1-20-11-13-5-2-4-12(8-13)9-19-10-14-15(17)6-3-7-16(14)18/h2-8,19H,9-11H2,1H3. The maximum absolute atomic E-state index is 13.6. The molecule has 0 atom stereocenters. The van der Waals surface area contributed by atoms with Crippen LogP contribution in [0.2, 0.25) is 5.02 Å². The van der Waals surface area contributed by atoms with Crippen molar-refractivity contribution in [3.63, 3.8) is 0 Å². The fourth-order valence-electron chi connectivity index (χ4n) is 2.03. The zero-order valence-corrected chi connectivity index (χ0v) is 12.1. The molecular weight excluding hydrogens is 277 g/mol. The third-order valence-electron chi connectivity index (χ3n) is 2.99. The van der Waals surface area contributed by atoms with Crippen LogP contribution in [0.3, 0.4) is 0 Å². The van der Waals surface area contributed by atoms with Crippen molar-refractivity contribution >= 4 is 11.6 Å². The lowest BCUT2D eigenvalue weighted by molar-refractivity contribution is 0.185. The predicted octanol–water partition coefficient (Wildman–Crippen LogP) is 3.92. The number of nitrogens with one attached hydrogen (secondary N) is 1. The van der Waals surface area contributed by atoms with Crippen molar-refractivity contribution in [3.8, 4) is 0 Å². The Bertz CT molecular complexity index is 554. The van der Waals surface area contributed by atoms with E-state index >= 15 is 0 Å². The highest BCUT2D eigenvalue weighted by atomic mass is 35.5. The van der Waals surface area contributed by atoms with Gasteiger partial charge < -0.3 is 10.1 Å². The molecule has 0 fully saturated rings. The minimum absolute atomic E-state index is 0.280. The first-order chi connectivity index (χ1) is 9.70. The van der Waals surface area contributed by atoms with Crippen LogP contribution >= 0.6 is 11.6 Å². The van der Waals surface area contributed by atoms with Gasteiger partial charge in [-0.15, -0.1) is 0 Å². The molecule has 0 aromatic heterocycles. The second-order valence-electron chi connectivity index (χ2n) is 4.56. The fraction of sp³-hybridized carbons (Fsp3) is 0.250. The van der Waals surface area contributed by atoms with E-state index in [1.807, 2.05) is 18.2 Å². The summed E-state index contributed by atoms with van der Waals surface area (Å²) in [6.45, 7) is 1.65. The molecule has 2 nitrogen and oxygen atoms in total. The Labute approximate surface area is 123 Å². The van der Waals surface area contributed by atoms with Gasteiger partial charge >= 0.3 is 0 Å². The molecule has 2 aromatic rings. The molecule has 0 aliphatic rings. The molecule has 1 N–H and O–H groups in total. The molecule has 0 unspecified atom stereocenters. The number of hydrogen-bond donors (Lipinski definition) is 1. The first kappa shape index (κ1) is 15.0. The van der Waals surface area contributed by atoms with Gasteiger partial charge in [0.25, 0.3) is 0 Å². The SMILES string of the molecule is COCc1cccc(CNCc2c(F)cccc2Cl)c1. The minimum Gasteiger partial charge on any atom is -0.380 e. The van der Waals surface area contributed by atoms with Gasteiger partial charge in [-0.1, -0.05) is 41.9 Å². The van der Waals surface area contributed by atoms with Gasteiger partial charge in [0.1, 0.15) is 5.82 Å². The summed E-state index contributed by atoms with van der Waals surface area (Å²) in [4.78, 5) is 0. The number of hydrogen-bond acceptors (Lipinski definition) is 2. The molecule has 0 saturated carbocycles. The first-order valence-electron chi connectivity index (χ1n) is 6.41. The van der Waals surface area contributed by atoms with Crippen molar-refractivity contribution < 1.29 is 9.13 Å². The molecule has 0 radical (unpaired) electrons. The summed E-state index contributed by atoms with van der Waals surface area (Å²) in [6.07, 6.45) is 0. The molecule has 0 aliphatic carbocycles. The minimum atomic E-state index is -0.280. The van der Waals surface area contributed by atoms with Crippen LogP contribution in [0.5, 0.6) is 0 Å². The molecule has 0 saturated heterocycles. The van der Waals surface area contributed by atoms with E-state index in [0.29, 0.717) is 30.3 Å². The summed E-state index contributed by atoms with van der Waals surface area (Å²) in [6, 6.07) is 12.8. The van der Waals surface area contributed by atoms with Crippen LogP contribution in [0, 0.1) is 5.82 Å². The molecule has 0 heterocycles. The van der Waals surface area contributed by atoms with Crippen LogP contribution in [0.25, 0.3) is 0 Å². The largest absolute Gasteiger partial charge is 0.380 e. The van der Waals surface area contributed by atoms with E-state index in [4.69, 9.17) is 16.3 Å². The Morgan fingerprint density at radius 1 is 1.10 bits per heavy atom. The topological polar surface area (TPSA) is 21.3 Å². The fourth-order valence-corrected chi connectivity index (χ4v) is 2.26. The van der Waals surface area contributed by atoms with E-state index in [2.05, 4.69) is 11.4 Å². The smallest absolute Gasteiger partial charge is 0.129 e. The lowest BCUT2D eigenvalue weighted by Gasteiger charge is -2.09. The summed E-state index contributed by atoms with van der Waals surface area (Å²) in [5.41, 5.74) is 2.75. The van der Waals surface area contributed by atoms with Crippen LogP contribution in [0.15, 0.2) is 42.5 Å². The van der Waals surface area contributed by atoms with E-state index in [0.717, 1.165) is 11.1 Å². The summed E-state index contributed by atoms with van der Waals surface area (Å²) in [7, 11) is 1.67. The van der Waals surface area contributed by atoms with Crippen LogP contribution in [-0.2, 0) is 24.4 Å². The number of benzene rings is 2. The Balaban J connectivity index is 1.94. The van der Waals surface area contributed by atoms with Gasteiger partial charge in [0, 0.05) is 30.8 Å². The Morgan fingerprint density at radius 3 is 2.60 bits per heavy atom. The molecule has 0 amide bonds. The van der Waals surface area contributed by atoms with Crippen molar-refractivity contribution in [3.05, 3.63) is 70.0 Å². The maximum Gasteiger partial charge on any atom is 0.129 e. The summed E-state index contributed by atoms with van der Waals surface area (Å²) < 4.78 is 18.7. The average molecular weight is 294 g/mol. The van der Waals surface area contributed by atoms with Crippen LogP contribution in [-0.4, -0.2) is 7.11 Å². The molecule has 20 heavy (non-hydrogen) atoms. The molecule has 0 spiro atoms. The van der Waals surface area contributed by atoms with Gasteiger partial charge in [-0.2, -0.15) is 0 Å². The molecule has 4 heteroatoms. The molecule has 0 bridgehead atoms. The summed E-state index contributed by atoms with van der Waals surface area (Å²) in [5.74, 6) is -0.280. The zero-order chi connectivity index (χ0) is 14.4. The van der Waals surface area contributed by atoms with E-state index in [1.165, 1.54) is 6.07 Å². The monoisotopic (exact) mass is 293 g/mol. The van der Waals surface area contributed by atoms with Gasteiger partial charge in [-0.05, 0) is 23.3 Å². The predicted molar refractivity (Wildman–Crippen MR) is 79.1 cm³/mol. The van der Waals surface area contributed by atoms with E-state index < -0.39 is 0 Å². The highest BCUT2D eigenvalue weighted by Crippen LogP contribution is 2.18. The van der Waals surface area contributed by atoms with Gasteiger partial charge in [-0.3, -0.25) is 0 Å². The van der Waals surface area contributed by atoms with Crippen molar-refractivity contribution in [1.29, 1.82) is 0 Å². The number of rotatable bonds is 6. The first-order valence-corrected chi connectivity index (χ1v) is 6.79. The van der Waals surface area contributed by atoms with Crippen LogP contribution in [0.4, 0.5) is 4.39 Å². The molecule has 0 aliphatic heterocycles. The van der Waals surface area contributed by atoms with Gasteiger partial charge in [-0.25, -0.2) is 4.39 Å². The van der Waals surface area contributed by atoms with Crippen molar-refractivity contribution in [1.82, 2.24) is 5.32 Å². The molecule has 106 valence electrons. The highest BCUT2D eigenvalue weighted by molar-refractivity contribution is 6.31. The van der Waals surface area contributed by atoms with Crippen molar-refractivity contribution in [2.45, 2.75) is 19.7 Å². The second-order valence-corrected chi connectivity index (χ2v) is 4.96. The second kappa shape index (κ2) is 7.39. The van der Waals surface area contributed by atoms with E-state index in [1.54, 1.807) is 19.2 Å². The Morgan fingerprint density at radius 2 is 1.85 bits per heavy atom. The average Bonchev–Trinajstić information content (AvgIpc) is 2.43. The molecule has 2 rings (SSSR count). The highest BCUT2D eigenvalue weighted by Gasteiger charge is 2.06. The normalized spacial score (nSPS) is 10.8. The van der Waals surface area contributed by atoms with Crippen LogP contribution in [0.1, 0.15) is 16.7 Å². The van der Waals surface area contributed by atoms with Gasteiger partial charge in [0.15, 0.2) is 0 Å². The third-order valence-corrected chi connectivity index (χ3v) is 3.35. The lowest BCUT2D eigenvalue weighted by atomic mass is 10.1. The molecule has 2 aromatic carbocycles. The van der Waals surface area contributed by atoms with Crippen molar-refractivity contribution in [2.75, 3.05) is 7.11 Å². The quantitative estimate of drug-likeness (QED) is 0.872. The van der Waals surface area contributed by atoms with Crippen molar-refractivity contribution in [2.24, 2.45) is 0 Å². The van der Waals surface area contributed by atoms with Gasteiger partial charge in [0.05, 0.1) is 6.61 Å². The molecular formula is C16H17ClFNO. The zero-order valence-electron chi connectivity index (χ0n) is 11.3.